The topological polar surface area (TPSA) is 65.2 Å². The maximum atomic E-state index is 12.0. The van der Waals surface area contributed by atoms with E-state index in [1.807, 2.05) is 0 Å². The molecule has 2 rings (SSSR count). The molecular formula is C14H20N2O2. The highest BCUT2D eigenvalue weighted by atomic mass is 16.5. The zero-order valence-corrected chi connectivity index (χ0v) is 10.8. The predicted octanol–water partition coefficient (Wildman–Crippen LogP) is 2.28. The standard InChI is InChI=1S/C14H20N2O2/c1-10-2-4-13(5-3-10)18-14(17)11-6-7-16-12(8-11)9-15/h6-8,10,13H,2-5,9,15H2,1H3. The van der Waals surface area contributed by atoms with Gasteiger partial charge in [-0.1, -0.05) is 6.92 Å². The van der Waals surface area contributed by atoms with Crippen molar-refractivity contribution in [3.05, 3.63) is 29.6 Å². The minimum Gasteiger partial charge on any atom is -0.459 e. The number of aromatic nitrogens is 1. The first-order valence-electron chi connectivity index (χ1n) is 6.55. The lowest BCUT2D eigenvalue weighted by Gasteiger charge is -2.25. The first-order valence-corrected chi connectivity index (χ1v) is 6.55. The third kappa shape index (κ3) is 3.29. The number of esters is 1. The van der Waals surface area contributed by atoms with Gasteiger partial charge in [-0.15, -0.1) is 0 Å². The van der Waals surface area contributed by atoms with Crippen LogP contribution >= 0.6 is 0 Å². The Morgan fingerprint density at radius 3 is 2.83 bits per heavy atom. The zero-order valence-electron chi connectivity index (χ0n) is 10.8. The minimum atomic E-state index is -0.258. The van der Waals surface area contributed by atoms with Crippen LogP contribution in [0, 0.1) is 5.92 Å². The second kappa shape index (κ2) is 5.96. The molecule has 1 fully saturated rings. The van der Waals surface area contributed by atoms with Gasteiger partial charge in [-0.2, -0.15) is 0 Å². The van der Waals surface area contributed by atoms with E-state index in [0.29, 0.717) is 17.8 Å². The number of carbonyl (C=O) groups is 1. The van der Waals surface area contributed by atoms with E-state index in [1.54, 1.807) is 18.3 Å². The van der Waals surface area contributed by atoms with Gasteiger partial charge in [0.2, 0.25) is 0 Å². The van der Waals surface area contributed by atoms with Gasteiger partial charge >= 0.3 is 5.97 Å². The van der Waals surface area contributed by atoms with E-state index in [-0.39, 0.29) is 12.1 Å². The summed E-state index contributed by atoms with van der Waals surface area (Å²) < 4.78 is 5.52. The Morgan fingerprint density at radius 1 is 1.44 bits per heavy atom. The number of hydrogen-bond donors (Lipinski definition) is 1. The van der Waals surface area contributed by atoms with Crippen LogP contribution in [0.2, 0.25) is 0 Å². The third-order valence-corrected chi connectivity index (χ3v) is 3.50. The number of nitrogens with zero attached hydrogens (tertiary/aromatic N) is 1. The molecule has 0 spiro atoms. The average molecular weight is 248 g/mol. The Kier molecular flexibility index (Phi) is 4.31. The van der Waals surface area contributed by atoms with Gasteiger partial charge in [0, 0.05) is 12.7 Å². The van der Waals surface area contributed by atoms with Gasteiger partial charge in [-0.3, -0.25) is 4.98 Å². The molecule has 4 nitrogen and oxygen atoms in total. The summed E-state index contributed by atoms with van der Waals surface area (Å²) in [5.41, 5.74) is 6.76. The number of pyridine rings is 1. The molecule has 0 amide bonds. The molecule has 0 bridgehead atoms. The lowest BCUT2D eigenvalue weighted by Crippen LogP contribution is -2.23. The number of hydrogen-bond acceptors (Lipinski definition) is 4. The van der Waals surface area contributed by atoms with Gasteiger partial charge in [0.25, 0.3) is 0 Å². The van der Waals surface area contributed by atoms with Gasteiger partial charge in [-0.05, 0) is 43.7 Å². The summed E-state index contributed by atoms with van der Waals surface area (Å²) in [6, 6.07) is 3.38. The van der Waals surface area contributed by atoms with Crippen LogP contribution in [-0.2, 0) is 11.3 Å². The quantitative estimate of drug-likeness (QED) is 0.833. The van der Waals surface area contributed by atoms with Gasteiger partial charge < -0.3 is 10.5 Å². The molecule has 0 aromatic carbocycles. The molecule has 4 heteroatoms. The van der Waals surface area contributed by atoms with Crippen molar-refractivity contribution in [3.63, 3.8) is 0 Å². The summed E-state index contributed by atoms with van der Waals surface area (Å²) >= 11 is 0. The Bertz CT molecular complexity index is 412. The summed E-state index contributed by atoms with van der Waals surface area (Å²) in [6.07, 6.45) is 5.90. The molecule has 1 aliphatic rings. The third-order valence-electron chi connectivity index (χ3n) is 3.50. The molecular weight excluding hydrogens is 228 g/mol. The molecule has 1 aliphatic carbocycles. The maximum Gasteiger partial charge on any atom is 0.338 e. The van der Waals surface area contributed by atoms with Gasteiger partial charge in [0.1, 0.15) is 6.10 Å². The Balaban J connectivity index is 1.94. The lowest BCUT2D eigenvalue weighted by atomic mass is 9.89. The van der Waals surface area contributed by atoms with Crippen LogP contribution in [0.4, 0.5) is 0 Å². The van der Waals surface area contributed by atoms with Gasteiger partial charge in [-0.25, -0.2) is 4.79 Å². The lowest BCUT2D eigenvalue weighted by molar-refractivity contribution is 0.0173. The van der Waals surface area contributed by atoms with Crippen molar-refractivity contribution in [3.8, 4) is 0 Å². The molecule has 1 heterocycles. The van der Waals surface area contributed by atoms with Crippen molar-refractivity contribution in [1.29, 1.82) is 0 Å². The summed E-state index contributed by atoms with van der Waals surface area (Å²) in [5.74, 6) is 0.497. The van der Waals surface area contributed by atoms with Crippen LogP contribution in [0.1, 0.15) is 48.7 Å². The number of carbonyl (C=O) groups excluding carboxylic acids is 1. The first-order chi connectivity index (χ1) is 8.69. The monoisotopic (exact) mass is 248 g/mol. The summed E-state index contributed by atoms with van der Waals surface area (Å²) in [6.45, 7) is 2.58. The van der Waals surface area contributed by atoms with Crippen molar-refractivity contribution in [2.24, 2.45) is 11.7 Å². The minimum absolute atomic E-state index is 0.0724. The molecule has 1 saturated carbocycles. The molecule has 2 N–H and O–H groups in total. The highest BCUT2D eigenvalue weighted by Gasteiger charge is 2.22. The van der Waals surface area contributed by atoms with Crippen LogP contribution in [0.3, 0.4) is 0 Å². The van der Waals surface area contributed by atoms with Crippen LogP contribution in [0.5, 0.6) is 0 Å². The molecule has 0 radical (unpaired) electrons. The Hall–Kier alpha value is -1.42. The number of rotatable bonds is 3. The van der Waals surface area contributed by atoms with E-state index >= 15 is 0 Å². The fourth-order valence-electron chi connectivity index (χ4n) is 2.28. The fourth-order valence-corrected chi connectivity index (χ4v) is 2.28. The second-order valence-electron chi connectivity index (χ2n) is 5.03. The normalized spacial score (nSPS) is 23.7. The average Bonchev–Trinajstić information content (AvgIpc) is 2.41. The Labute approximate surface area is 108 Å². The maximum absolute atomic E-state index is 12.0. The van der Waals surface area contributed by atoms with Crippen molar-refractivity contribution in [2.75, 3.05) is 0 Å². The van der Waals surface area contributed by atoms with Gasteiger partial charge in [0.05, 0.1) is 11.3 Å². The van der Waals surface area contributed by atoms with E-state index < -0.39 is 0 Å². The van der Waals surface area contributed by atoms with Crippen molar-refractivity contribution in [2.45, 2.75) is 45.3 Å². The van der Waals surface area contributed by atoms with Crippen LogP contribution < -0.4 is 5.73 Å². The van der Waals surface area contributed by atoms with Gasteiger partial charge in [0.15, 0.2) is 0 Å². The van der Waals surface area contributed by atoms with E-state index in [4.69, 9.17) is 10.5 Å². The molecule has 98 valence electrons. The molecule has 1 aromatic rings. The summed E-state index contributed by atoms with van der Waals surface area (Å²) in [5, 5.41) is 0. The zero-order chi connectivity index (χ0) is 13.0. The molecule has 18 heavy (non-hydrogen) atoms. The smallest absolute Gasteiger partial charge is 0.338 e. The van der Waals surface area contributed by atoms with E-state index in [9.17, 15) is 4.79 Å². The van der Waals surface area contributed by atoms with E-state index in [0.717, 1.165) is 31.6 Å². The molecule has 0 aliphatic heterocycles. The number of nitrogens with two attached hydrogens (primary N) is 1. The van der Waals surface area contributed by atoms with Crippen molar-refractivity contribution in [1.82, 2.24) is 4.98 Å². The van der Waals surface area contributed by atoms with Crippen LogP contribution in [0.15, 0.2) is 18.3 Å². The van der Waals surface area contributed by atoms with Crippen LogP contribution in [0.25, 0.3) is 0 Å². The first kappa shape index (κ1) is 13.0. The highest BCUT2D eigenvalue weighted by molar-refractivity contribution is 5.89. The largest absolute Gasteiger partial charge is 0.459 e. The fraction of sp³-hybridized carbons (Fsp3) is 0.571. The predicted molar refractivity (Wildman–Crippen MR) is 69.0 cm³/mol. The Morgan fingerprint density at radius 2 is 2.17 bits per heavy atom. The molecule has 0 saturated heterocycles. The molecule has 0 unspecified atom stereocenters. The van der Waals surface area contributed by atoms with E-state index in [1.165, 1.54) is 0 Å². The van der Waals surface area contributed by atoms with Crippen molar-refractivity contribution >= 4 is 5.97 Å². The SMILES string of the molecule is CC1CCC(OC(=O)c2ccnc(CN)c2)CC1. The molecule has 1 aromatic heterocycles. The summed E-state index contributed by atoms with van der Waals surface area (Å²) in [4.78, 5) is 16.0. The molecule has 0 atom stereocenters. The van der Waals surface area contributed by atoms with E-state index in [2.05, 4.69) is 11.9 Å². The second-order valence-corrected chi connectivity index (χ2v) is 5.03. The highest BCUT2D eigenvalue weighted by Crippen LogP contribution is 2.26. The number of ether oxygens (including phenoxy) is 1. The van der Waals surface area contributed by atoms with Crippen molar-refractivity contribution < 1.29 is 9.53 Å². The van der Waals surface area contributed by atoms with Crippen LogP contribution in [-0.4, -0.2) is 17.1 Å². The summed E-state index contributed by atoms with van der Waals surface area (Å²) in [7, 11) is 0.